The first-order chi connectivity index (χ1) is 9.49. The van der Waals surface area contributed by atoms with Crippen LogP contribution in [0.5, 0.6) is 0 Å². The number of sulfone groups is 1. The molecule has 1 atom stereocenters. The minimum Gasteiger partial charge on any atom is -0.370 e. The van der Waals surface area contributed by atoms with Gasteiger partial charge in [-0.1, -0.05) is 32.0 Å². The van der Waals surface area contributed by atoms with Crippen molar-refractivity contribution in [3.8, 4) is 0 Å². The molecule has 20 heavy (non-hydrogen) atoms. The van der Waals surface area contributed by atoms with Gasteiger partial charge < -0.3 is 11.1 Å². The van der Waals surface area contributed by atoms with E-state index in [2.05, 4.69) is 10.3 Å². The molecule has 0 amide bonds. The second kappa shape index (κ2) is 7.89. The van der Waals surface area contributed by atoms with E-state index in [4.69, 9.17) is 5.73 Å². The van der Waals surface area contributed by atoms with Gasteiger partial charge in [-0.05, 0) is 25.0 Å². The number of rotatable bonds is 7. The molecule has 5 nitrogen and oxygen atoms in total. The third-order valence-electron chi connectivity index (χ3n) is 2.87. The van der Waals surface area contributed by atoms with Crippen LogP contribution in [0.25, 0.3) is 0 Å². The van der Waals surface area contributed by atoms with E-state index in [1.54, 1.807) is 30.3 Å². The van der Waals surface area contributed by atoms with Crippen molar-refractivity contribution in [2.24, 2.45) is 10.7 Å². The number of benzene rings is 1. The molecule has 0 aromatic heterocycles. The van der Waals surface area contributed by atoms with Gasteiger partial charge >= 0.3 is 0 Å². The summed E-state index contributed by atoms with van der Waals surface area (Å²) in [4.78, 5) is 4.46. The molecule has 0 heterocycles. The molecule has 1 rings (SSSR count). The molecular formula is C14H23N3O2S. The zero-order valence-corrected chi connectivity index (χ0v) is 12.9. The molecule has 6 heteroatoms. The number of guanidine groups is 1. The highest BCUT2D eigenvalue weighted by molar-refractivity contribution is 7.91. The smallest absolute Gasteiger partial charge is 0.188 e. The minimum absolute atomic E-state index is 0.00978. The van der Waals surface area contributed by atoms with Gasteiger partial charge in [0.15, 0.2) is 15.8 Å². The molecule has 1 aromatic carbocycles. The number of hydrogen-bond donors (Lipinski definition) is 2. The number of aliphatic imine (C=N–C) groups is 1. The van der Waals surface area contributed by atoms with Crippen molar-refractivity contribution in [1.82, 2.24) is 5.32 Å². The van der Waals surface area contributed by atoms with E-state index in [-0.39, 0.29) is 11.8 Å². The maximum absolute atomic E-state index is 12.3. The van der Waals surface area contributed by atoms with Crippen LogP contribution in [0.1, 0.15) is 26.7 Å². The van der Waals surface area contributed by atoms with Gasteiger partial charge in [-0.15, -0.1) is 0 Å². The summed E-state index contributed by atoms with van der Waals surface area (Å²) in [5.74, 6) is 0.317. The summed E-state index contributed by atoms with van der Waals surface area (Å²) in [6.07, 6.45) is 1.57. The highest BCUT2D eigenvalue weighted by atomic mass is 32.2. The summed E-state index contributed by atoms with van der Waals surface area (Å²) in [6, 6.07) is 8.22. The SMILES string of the molecule is CCCN=C(N)NC(CC)CS(=O)(=O)c1ccccc1. The van der Waals surface area contributed by atoms with E-state index in [1.807, 2.05) is 13.8 Å². The van der Waals surface area contributed by atoms with Crippen molar-refractivity contribution < 1.29 is 8.42 Å². The van der Waals surface area contributed by atoms with Gasteiger partial charge in [0.1, 0.15) is 0 Å². The summed E-state index contributed by atoms with van der Waals surface area (Å²) < 4.78 is 24.6. The lowest BCUT2D eigenvalue weighted by atomic mass is 10.3. The van der Waals surface area contributed by atoms with E-state index in [9.17, 15) is 8.42 Å². The molecule has 0 aliphatic carbocycles. The van der Waals surface area contributed by atoms with Crippen molar-refractivity contribution in [2.75, 3.05) is 12.3 Å². The fourth-order valence-corrected chi connectivity index (χ4v) is 3.35. The Hall–Kier alpha value is -1.56. The van der Waals surface area contributed by atoms with E-state index >= 15 is 0 Å². The van der Waals surface area contributed by atoms with Crippen molar-refractivity contribution in [1.29, 1.82) is 0 Å². The standard InChI is InChI=1S/C14H23N3O2S/c1-3-10-16-14(15)17-12(4-2)11-20(18,19)13-8-6-5-7-9-13/h5-9,12H,3-4,10-11H2,1-2H3,(H3,15,16,17). The van der Waals surface area contributed by atoms with Crippen molar-refractivity contribution >= 4 is 15.8 Å². The van der Waals surface area contributed by atoms with Gasteiger partial charge in [0.05, 0.1) is 10.6 Å². The lowest BCUT2D eigenvalue weighted by Gasteiger charge is -2.17. The van der Waals surface area contributed by atoms with Crippen LogP contribution >= 0.6 is 0 Å². The average molecular weight is 297 g/mol. The molecule has 112 valence electrons. The van der Waals surface area contributed by atoms with Crippen LogP contribution in [0, 0.1) is 0 Å². The Morgan fingerprint density at radius 3 is 2.50 bits per heavy atom. The quantitative estimate of drug-likeness (QED) is 0.591. The Morgan fingerprint density at radius 2 is 1.95 bits per heavy atom. The highest BCUT2D eigenvalue weighted by Crippen LogP contribution is 2.12. The van der Waals surface area contributed by atoms with Crippen LogP contribution in [-0.4, -0.2) is 32.7 Å². The van der Waals surface area contributed by atoms with Crippen molar-refractivity contribution in [3.63, 3.8) is 0 Å². The molecule has 0 aliphatic heterocycles. The Labute approximate surface area is 121 Å². The van der Waals surface area contributed by atoms with E-state index in [1.165, 1.54) is 0 Å². The molecule has 1 aromatic rings. The Kier molecular flexibility index (Phi) is 6.51. The fourth-order valence-electron chi connectivity index (χ4n) is 1.74. The third-order valence-corrected chi connectivity index (χ3v) is 4.71. The van der Waals surface area contributed by atoms with Crippen LogP contribution in [0.4, 0.5) is 0 Å². The zero-order valence-electron chi connectivity index (χ0n) is 12.0. The summed E-state index contributed by atoms with van der Waals surface area (Å²) in [7, 11) is -3.31. The second-order valence-electron chi connectivity index (χ2n) is 4.61. The number of hydrogen-bond acceptors (Lipinski definition) is 3. The molecule has 0 aliphatic rings. The third kappa shape index (κ3) is 5.21. The van der Waals surface area contributed by atoms with Gasteiger partial charge in [-0.2, -0.15) is 0 Å². The predicted molar refractivity (Wildman–Crippen MR) is 82.5 cm³/mol. The Morgan fingerprint density at radius 1 is 1.30 bits per heavy atom. The second-order valence-corrected chi connectivity index (χ2v) is 6.65. The largest absolute Gasteiger partial charge is 0.370 e. The minimum atomic E-state index is -3.31. The summed E-state index contributed by atoms with van der Waals surface area (Å²) in [5.41, 5.74) is 5.74. The summed E-state index contributed by atoms with van der Waals surface area (Å²) in [6.45, 7) is 4.57. The van der Waals surface area contributed by atoms with Crippen molar-refractivity contribution in [3.05, 3.63) is 30.3 Å². The van der Waals surface area contributed by atoms with E-state index < -0.39 is 9.84 Å². The number of nitrogens with two attached hydrogens (primary N) is 1. The molecule has 1 unspecified atom stereocenters. The lowest BCUT2D eigenvalue weighted by Crippen LogP contribution is -2.43. The maximum atomic E-state index is 12.3. The lowest BCUT2D eigenvalue weighted by molar-refractivity contribution is 0.571. The molecular weight excluding hydrogens is 274 g/mol. The number of nitrogens with zero attached hydrogens (tertiary/aromatic N) is 1. The van der Waals surface area contributed by atoms with E-state index in [0.717, 1.165) is 6.42 Å². The molecule has 0 saturated carbocycles. The fraction of sp³-hybridized carbons (Fsp3) is 0.500. The average Bonchev–Trinajstić information content (AvgIpc) is 2.45. The van der Waals surface area contributed by atoms with Crippen molar-refractivity contribution in [2.45, 2.75) is 37.6 Å². The summed E-state index contributed by atoms with van der Waals surface area (Å²) >= 11 is 0. The molecule has 0 fully saturated rings. The van der Waals surface area contributed by atoms with Gasteiger partial charge in [0, 0.05) is 12.6 Å². The topological polar surface area (TPSA) is 84.5 Å². The van der Waals surface area contributed by atoms with Gasteiger partial charge in [0.2, 0.25) is 0 Å². The van der Waals surface area contributed by atoms with Gasteiger partial charge in [-0.3, -0.25) is 4.99 Å². The zero-order chi connectivity index (χ0) is 15.0. The Balaban J connectivity index is 2.73. The van der Waals surface area contributed by atoms with Crippen LogP contribution in [-0.2, 0) is 9.84 Å². The summed E-state index contributed by atoms with van der Waals surface area (Å²) in [5, 5.41) is 2.98. The number of nitrogens with one attached hydrogen (secondary N) is 1. The van der Waals surface area contributed by atoms with E-state index in [0.29, 0.717) is 23.8 Å². The molecule has 3 N–H and O–H groups in total. The highest BCUT2D eigenvalue weighted by Gasteiger charge is 2.20. The molecule has 0 saturated heterocycles. The first-order valence-electron chi connectivity index (χ1n) is 6.83. The van der Waals surface area contributed by atoms with Crippen LogP contribution in [0.2, 0.25) is 0 Å². The van der Waals surface area contributed by atoms with Gasteiger partial charge in [0.25, 0.3) is 0 Å². The predicted octanol–water partition coefficient (Wildman–Crippen LogP) is 1.55. The first-order valence-corrected chi connectivity index (χ1v) is 8.49. The maximum Gasteiger partial charge on any atom is 0.188 e. The van der Waals surface area contributed by atoms with Crippen LogP contribution < -0.4 is 11.1 Å². The first kappa shape index (κ1) is 16.5. The van der Waals surface area contributed by atoms with Crippen LogP contribution in [0.3, 0.4) is 0 Å². The monoisotopic (exact) mass is 297 g/mol. The normalized spacial score (nSPS) is 14.0. The molecule has 0 spiro atoms. The molecule has 0 bridgehead atoms. The van der Waals surface area contributed by atoms with Gasteiger partial charge in [-0.25, -0.2) is 8.42 Å². The Bertz CT molecular complexity index is 527. The van der Waals surface area contributed by atoms with Crippen LogP contribution in [0.15, 0.2) is 40.2 Å². The molecule has 0 radical (unpaired) electrons.